The van der Waals surface area contributed by atoms with Crippen LogP contribution in [0.2, 0.25) is 5.02 Å². The largest absolute Gasteiger partial charge is 0.352 e. The Bertz CT molecular complexity index is 584. The van der Waals surface area contributed by atoms with E-state index in [1.807, 2.05) is 29.2 Å². The summed E-state index contributed by atoms with van der Waals surface area (Å²) in [7, 11) is 0. The molecular formula is C17H22ClN3O2S. The van der Waals surface area contributed by atoms with Gasteiger partial charge >= 0.3 is 0 Å². The Morgan fingerprint density at radius 3 is 2.42 bits per heavy atom. The van der Waals surface area contributed by atoms with Gasteiger partial charge in [0.25, 0.3) is 0 Å². The fraction of sp³-hybridized carbons (Fsp3) is 0.529. The standard InChI is InChI=1S/C17H22ClN3O2S/c18-13-1-5-15(6-2-13)24-12-17(23)21-9-7-20(8-10-21)11-16(22)19-14-3-4-14/h1-2,5-6,14H,3-4,7-12H2,(H,19,22). The minimum Gasteiger partial charge on any atom is -0.352 e. The molecule has 2 amide bonds. The number of hydrogen-bond donors (Lipinski definition) is 1. The number of halogens is 1. The van der Waals surface area contributed by atoms with Crippen LogP contribution >= 0.6 is 23.4 Å². The summed E-state index contributed by atoms with van der Waals surface area (Å²) in [6, 6.07) is 7.93. The topological polar surface area (TPSA) is 52.7 Å². The molecule has 2 fully saturated rings. The summed E-state index contributed by atoms with van der Waals surface area (Å²) in [5.74, 6) is 0.691. The highest BCUT2D eigenvalue weighted by atomic mass is 35.5. The van der Waals surface area contributed by atoms with Crippen molar-refractivity contribution >= 4 is 35.2 Å². The molecule has 24 heavy (non-hydrogen) atoms. The third-order valence-electron chi connectivity index (χ3n) is 4.21. The molecule has 130 valence electrons. The summed E-state index contributed by atoms with van der Waals surface area (Å²) in [6.45, 7) is 3.34. The number of thioether (sulfide) groups is 1. The van der Waals surface area contributed by atoms with Crippen molar-refractivity contribution in [2.75, 3.05) is 38.5 Å². The van der Waals surface area contributed by atoms with Crippen LogP contribution in [0.3, 0.4) is 0 Å². The number of nitrogens with one attached hydrogen (secondary N) is 1. The molecule has 1 N–H and O–H groups in total. The van der Waals surface area contributed by atoms with E-state index in [-0.39, 0.29) is 11.8 Å². The summed E-state index contributed by atoms with van der Waals surface area (Å²) < 4.78 is 0. The van der Waals surface area contributed by atoms with E-state index in [9.17, 15) is 9.59 Å². The molecule has 1 saturated carbocycles. The number of rotatable bonds is 6. The van der Waals surface area contributed by atoms with E-state index in [4.69, 9.17) is 11.6 Å². The summed E-state index contributed by atoms with van der Waals surface area (Å²) in [5, 5.41) is 3.71. The molecule has 1 saturated heterocycles. The second-order valence-electron chi connectivity index (χ2n) is 6.24. The molecule has 1 aliphatic carbocycles. The van der Waals surface area contributed by atoms with Crippen molar-refractivity contribution in [3.05, 3.63) is 29.3 Å². The number of hydrogen-bond acceptors (Lipinski definition) is 4. The highest BCUT2D eigenvalue weighted by molar-refractivity contribution is 8.00. The number of carbonyl (C=O) groups excluding carboxylic acids is 2. The van der Waals surface area contributed by atoms with Crippen LogP contribution in [0.1, 0.15) is 12.8 Å². The van der Waals surface area contributed by atoms with Gasteiger partial charge in [-0.2, -0.15) is 0 Å². The predicted octanol–water partition coefficient (Wildman–Crippen LogP) is 1.85. The summed E-state index contributed by atoms with van der Waals surface area (Å²) in [5.41, 5.74) is 0. The Balaban J connectivity index is 1.36. The third kappa shape index (κ3) is 5.40. The van der Waals surface area contributed by atoms with Gasteiger partial charge in [-0.25, -0.2) is 0 Å². The molecule has 0 radical (unpaired) electrons. The lowest BCUT2D eigenvalue weighted by Crippen LogP contribution is -2.51. The molecule has 0 bridgehead atoms. The lowest BCUT2D eigenvalue weighted by molar-refractivity contribution is -0.130. The van der Waals surface area contributed by atoms with Crippen LogP contribution in [-0.2, 0) is 9.59 Å². The molecule has 3 rings (SSSR count). The maximum Gasteiger partial charge on any atom is 0.234 e. The Kier molecular flexibility index (Phi) is 6.03. The molecule has 1 aromatic rings. The van der Waals surface area contributed by atoms with Gasteiger partial charge in [-0.15, -0.1) is 11.8 Å². The monoisotopic (exact) mass is 367 g/mol. The lowest BCUT2D eigenvalue weighted by atomic mass is 10.3. The predicted molar refractivity (Wildman–Crippen MR) is 96.4 cm³/mol. The summed E-state index contributed by atoms with van der Waals surface area (Å²) >= 11 is 7.39. The first-order chi connectivity index (χ1) is 11.6. The van der Waals surface area contributed by atoms with E-state index in [1.54, 1.807) is 0 Å². The molecule has 1 aromatic carbocycles. The molecule has 2 aliphatic rings. The number of piperazine rings is 1. The summed E-state index contributed by atoms with van der Waals surface area (Å²) in [6.07, 6.45) is 2.22. The molecule has 0 spiro atoms. The van der Waals surface area contributed by atoms with Gasteiger partial charge in [-0.3, -0.25) is 14.5 Å². The van der Waals surface area contributed by atoms with Crippen LogP contribution in [0.15, 0.2) is 29.2 Å². The highest BCUT2D eigenvalue weighted by Crippen LogP contribution is 2.21. The Hall–Kier alpha value is -1.24. The molecule has 0 aromatic heterocycles. The second-order valence-corrected chi connectivity index (χ2v) is 7.73. The van der Waals surface area contributed by atoms with Crippen molar-refractivity contribution in [2.24, 2.45) is 0 Å². The van der Waals surface area contributed by atoms with Gasteiger partial charge < -0.3 is 10.2 Å². The van der Waals surface area contributed by atoms with E-state index >= 15 is 0 Å². The Morgan fingerprint density at radius 1 is 1.12 bits per heavy atom. The number of benzene rings is 1. The molecule has 0 unspecified atom stereocenters. The quantitative estimate of drug-likeness (QED) is 0.780. The minimum atomic E-state index is 0.107. The molecular weight excluding hydrogens is 346 g/mol. The molecule has 1 heterocycles. The van der Waals surface area contributed by atoms with E-state index in [0.29, 0.717) is 36.5 Å². The number of nitrogens with zero attached hydrogens (tertiary/aromatic N) is 2. The second kappa shape index (κ2) is 8.23. The van der Waals surface area contributed by atoms with E-state index in [0.717, 1.165) is 30.8 Å². The lowest BCUT2D eigenvalue weighted by Gasteiger charge is -2.34. The maximum absolute atomic E-state index is 12.3. The van der Waals surface area contributed by atoms with Crippen molar-refractivity contribution in [3.63, 3.8) is 0 Å². The maximum atomic E-state index is 12.3. The first-order valence-electron chi connectivity index (χ1n) is 8.28. The zero-order valence-electron chi connectivity index (χ0n) is 13.5. The van der Waals surface area contributed by atoms with Crippen LogP contribution in [0.5, 0.6) is 0 Å². The molecule has 1 aliphatic heterocycles. The number of amides is 2. The minimum absolute atomic E-state index is 0.107. The fourth-order valence-corrected chi connectivity index (χ4v) is 3.55. The number of carbonyl (C=O) groups is 2. The molecule has 0 atom stereocenters. The Labute approximate surface area is 151 Å². The average Bonchev–Trinajstić information content (AvgIpc) is 3.38. The zero-order chi connectivity index (χ0) is 16.9. The molecule has 5 nitrogen and oxygen atoms in total. The highest BCUT2D eigenvalue weighted by Gasteiger charge is 2.26. The van der Waals surface area contributed by atoms with E-state index < -0.39 is 0 Å². The van der Waals surface area contributed by atoms with Gasteiger partial charge in [0, 0.05) is 42.1 Å². The molecule has 7 heteroatoms. The SMILES string of the molecule is O=C(CN1CCN(C(=O)CSc2ccc(Cl)cc2)CC1)NC1CC1. The van der Waals surface area contributed by atoms with Gasteiger partial charge in [-0.1, -0.05) is 11.6 Å². The van der Waals surface area contributed by atoms with Gasteiger partial charge in [0.2, 0.25) is 11.8 Å². The average molecular weight is 368 g/mol. The van der Waals surface area contributed by atoms with Crippen LogP contribution in [0.25, 0.3) is 0 Å². The third-order valence-corrected chi connectivity index (χ3v) is 5.46. The van der Waals surface area contributed by atoms with Crippen LogP contribution < -0.4 is 5.32 Å². The van der Waals surface area contributed by atoms with Gasteiger partial charge in [0.05, 0.1) is 12.3 Å². The first kappa shape index (κ1) is 17.6. The van der Waals surface area contributed by atoms with Crippen molar-refractivity contribution in [1.82, 2.24) is 15.1 Å². The zero-order valence-corrected chi connectivity index (χ0v) is 15.1. The fourth-order valence-electron chi connectivity index (χ4n) is 2.63. The van der Waals surface area contributed by atoms with Gasteiger partial charge in [-0.05, 0) is 37.1 Å². The van der Waals surface area contributed by atoms with Crippen molar-refractivity contribution in [3.8, 4) is 0 Å². The normalized spacial score (nSPS) is 18.5. The van der Waals surface area contributed by atoms with Crippen LogP contribution in [0, 0.1) is 0 Å². The van der Waals surface area contributed by atoms with Gasteiger partial charge in [0.1, 0.15) is 0 Å². The van der Waals surface area contributed by atoms with E-state index in [2.05, 4.69) is 10.2 Å². The van der Waals surface area contributed by atoms with Crippen molar-refractivity contribution < 1.29 is 9.59 Å². The first-order valence-corrected chi connectivity index (χ1v) is 9.64. The van der Waals surface area contributed by atoms with Crippen molar-refractivity contribution in [2.45, 2.75) is 23.8 Å². The van der Waals surface area contributed by atoms with Crippen molar-refractivity contribution in [1.29, 1.82) is 0 Å². The van der Waals surface area contributed by atoms with E-state index in [1.165, 1.54) is 11.8 Å². The van der Waals surface area contributed by atoms with Gasteiger partial charge in [0.15, 0.2) is 0 Å². The summed E-state index contributed by atoms with van der Waals surface area (Å²) in [4.78, 5) is 29.2. The smallest absolute Gasteiger partial charge is 0.234 e. The van der Waals surface area contributed by atoms with Crippen LogP contribution in [0.4, 0.5) is 0 Å². The Morgan fingerprint density at radius 2 is 1.79 bits per heavy atom. The van der Waals surface area contributed by atoms with Crippen LogP contribution in [-0.4, -0.2) is 66.1 Å².